The number of carbonyl (C=O) groups excluding carboxylic acids is 1. The Kier molecular flexibility index (Phi) is 6.25. The number of carbonyl (C=O) groups is 1. The molecule has 0 radical (unpaired) electrons. The average Bonchev–Trinajstić information content (AvgIpc) is 2.49. The van der Waals surface area contributed by atoms with Gasteiger partial charge in [-0.1, -0.05) is 23.2 Å². The highest BCUT2D eigenvalue weighted by Crippen LogP contribution is 2.22. The normalized spacial score (nSPS) is 10.4. The third kappa shape index (κ3) is 5.41. The van der Waals surface area contributed by atoms with E-state index < -0.39 is 5.82 Å². The van der Waals surface area contributed by atoms with Gasteiger partial charge in [-0.05, 0) is 55.3 Å². The van der Waals surface area contributed by atoms with Crippen molar-refractivity contribution in [3.8, 4) is 5.75 Å². The Morgan fingerprint density at radius 1 is 1.17 bits per heavy atom. The fourth-order valence-corrected chi connectivity index (χ4v) is 2.39. The maximum absolute atomic E-state index is 13.5. The molecule has 0 heterocycles. The summed E-state index contributed by atoms with van der Waals surface area (Å²) in [7, 11) is 0. The summed E-state index contributed by atoms with van der Waals surface area (Å²) >= 11 is 11.6. The van der Waals surface area contributed by atoms with Crippen LogP contribution in [0, 0.1) is 12.7 Å². The quantitative estimate of drug-likeness (QED) is 0.719. The van der Waals surface area contributed by atoms with Gasteiger partial charge in [0.15, 0.2) is 0 Å². The molecular formula is C17H16Cl2FNO2. The summed E-state index contributed by atoms with van der Waals surface area (Å²) in [6.07, 6.45) is 0.731. The van der Waals surface area contributed by atoms with Crippen molar-refractivity contribution in [1.29, 1.82) is 0 Å². The number of ether oxygens (including phenoxy) is 1. The SMILES string of the molecule is Cc1cc(Cl)ccc1OCCCC(=O)Nc1cc(Cl)ccc1F. The predicted octanol–water partition coefficient (Wildman–Crippen LogP) is 5.24. The number of hydrogen-bond acceptors (Lipinski definition) is 2. The Bertz CT molecular complexity index is 707. The summed E-state index contributed by atoms with van der Waals surface area (Å²) in [5, 5.41) is 3.51. The van der Waals surface area contributed by atoms with Gasteiger partial charge in [0.1, 0.15) is 11.6 Å². The molecule has 1 N–H and O–H groups in total. The number of rotatable bonds is 6. The van der Waals surface area contributed by atoms with Gasteiger partial charge in [-0.3, -0.25) is 4.79 Å². The van der Waals surface area contributed by atoms with Crippen molar-refractivity contribution < 1.29 is 13.9 Å². The topological polar surface area (TPSA) is 38.3 Å². The highest BCUT2D eigenvalue weighted by Gasteiger charge is 2.08. The van der Waals surface area contributed by atoms with Crippen molar-refractivity contribution in [2.45, 2.75) is 19.8 Å². The standard InChI is InChI=1S/C17H16Cl2FNO2/c1-11-9-12(18)5-7-16(11)23-8-2-3-17(22)21-15-10-13(19)4-6-14(15)20/h4-7,9-10H,2-3,8H2,1H3,(H,21,22). The average molecular weight is 356 g/mol. The third-order valence-corrected chi connectivity index (χ3v) is 3.62. The molecule has 122 valence electrons. The van der Waals surface area contributed by atoms with Crippen molar-refractivity contribution in [1.82, 2.24) is 0 Å². The van der Waals surface area contributed by atoms with E-state index in [1.54, 1.807) is 12.1 Å². The molecule has 1 amide bonds. The second-order valence-electron chi connectivity index (χ2n) is 5.03. The number of amides is 1. The minimum absolute atomic E-state index is 0.0805. The van der Waals surface area contributed by atoms with E-state index >= 15 is 0 Å². The van der Waals surface area contributed by atoms with Crippen LogP contribution in [0.3, 0.4) is 0 Å². The van der Waals surface area contributed by atoms with Gasteiger partial charge >= 0.3 is 0 Å². The third-order valence-electron chi connectivity index (χ3n) is 3.15. The highest BCUT2D eigenvalue weighted by molar-refractivity contribution is 6.31. The zero-order valence-electron chi connectivity index (χ0n) is 12.5. The largest absolute Gasteiger partial charge is 0.493 e. The summed E-state index contributed by atoms with van der Waals surface area (Å²) in [5.41, 5.74) is 1.01. The number of halogens is 3. The molecule has 0 saturated heterocycles. The van der Waals surface area contributed by atoms with E-state index in [1.165, 1.54) is 18.2 Å². The Morgan fingerprint density at radius 3 is 2.61 bits per heavy atom. The molecule has 2 aromatic rings. The minimum atomic E-state index is -0.518. The van der Waals surface area contributed by atoms with Gasteiger partial charge in [0.25, 0.3) is 0 Å². The Labute approximate surface area is 144 Å². The minimum Gasteiger partial charge on any atom is -0.493 e. The highest BCUT2D eigenvalue weighted by atomic mass is 35.5. The van der Waals surface area contributed by atoms with Crippen LogP contribution in [-0.2, 0) is 4.79 Å². The first-order chi connectivity index (χ1) is 11.0. The van der Waals surface area contributed by atoms with Gasteiger partial charge < -0.3 is 10.1 Å². The molecule has 0 aliphatic carbocycles. The molecule has 0 saturated carbocycles. The maximum atomic E-state index is 13.5. The number of anilines is 1. The van der Waals surface area contributed by atoms with Gasteiger partial charge in [-0.15, -0.1) is 0 Å². The number of aryl methyl sites for hydroxylation is 1. The monoisotopic (exact) mass is 355 g/mol. The summed E-state index contributed by atoms with van der Waals surface area (Å²) in [6.45, 7) is 2.28. The molecule has 0 fully saturated rings. The number of nitrogens with one attached hydrogen (secondary N) is 1. The smallest absolute Gasteiger partial charge is 0.224 e. The van der Waals surface area contributed by atoms with E-state index in [1.807, 2.05) is 13.0 Å². The Hall–Kier alpha value is -1.78. The predicted molar refractivity (Wildman–Crippen MR) is 91.0 cm³/mol. The molecular weight excluding hydrogens is 340 g/mol. The lowest BCUT2D eigenvalue weighted by atomic mass is 10.2. The summed E-state index contributed by atoms with van der Waals surface area (Å²) < 4.78 is 19.1. The first-order valence-corrected chi connectivity index (χ1v) is 7.85. The molecule has 0 unspecified atom stereocenters. The van der Waals surface area contributed by atoms with Crippen molar-refractivity contribution in [2.24, 2.45) is 0 Å². The van der Waals surface area contributed by atoms with E-state index in [2.05, 4.69) is 5.32 Å². The van der Waals surface area contributed by atoms with Crippen LogP contribution in [0.15, 0.2) is 36.4 Å². The van der Waals surface area contributed by atoms with Crippen molar-refractivity contribution in [3.05, 3.63) is 57.8 Å². The fourth-order valence-electron chi connectivity index (χ4n) is 2.00. The first kappa shape index (κ1) is 17.6. The van der Waals surface area contributed by atoms with Crippen LogP contribution >= 0.6 is 23.2 Å². The molecule has 2 rings (SSSR count). The Balaban J connectivity index is 1.77. The Morgan fingerprint density at radius 2 is 1.87 bits per heavy atom. The van der Waals surface area contributed by atoms with Crippen LogP contribution in [0.1, 0.15) is 18.4 Å². The molecule has 0 spiro atoms. The molecule has 0 atom stereocenters. The first-order valence-electron chi connectivity index (χ1n) is 7.09. The fraction of sp³-hybridized carbons (Fsp3) is 0.235. The van der Waals surface area contributed by atoms with Gasteiger partial charge in [0.2, 0.25) is 5.91 Å². The van der Waals surface area contributed by atoms with Gasteiger partial charge in [-0.25, -0.2) is 4.39 Å². The lowest BCUT2D eigenvalue weighted by molar-refractivity contribution is -0.116. The number of hydrogen-bond donors (Lipinski definition) is 1. The summed E-state index contributed by atoms with van der Waals surface area (Å²) in [5.74, 6) is -0.0749. The van der Waals surface area contributed by atoms with Crippen LogP contribution in [0.25, 0.3) is 0 Å². The second kappa shape index (κ2) is 8.18. The van der Waals surface area contributed by atoms with E-state index in [-0.39, 0.29) is 18.0 Å². The number of benzene rings is 2. The molecule has 0 bridgehead atoms. The van der Waals surface area contributed by atoms with Crippen LogP contribution < -0.4 is 10.1 Å². The van der Waals surface area contributed by atoms with E-state index in [9.17, 15) is 9.18 Å². The molecule has 0 aromatic heterocycles. The molecule has 3 nitrogen and oxygen atoms in total. The zero-order valence-corrected chi connectivity index (χ0v) is 14.0. The van der Waals surface area contributed by atoms with Crippen LogP contribution in [0.2, 0.25) is 10.0 Å². The van der Waals surface area contributed by atoms with Crippen molar-refractivity contribution >= 4 is 34.8 Å². The van der Waals surface area contributed by atoms with Crippen LogP contribution in [0.5, 0.6) is 5.75 Å². The second-order valence-corrected chi connectivity index (χ2v) is 5.91. The zero-order chi connectivity index (χ0) is 16.8. The van der Waals surface area contributed by atoms with Gasteiger partial charge in [-0.2, -0.15) is 0 Å². The van der Waals surface area contributed by atoms with E-state index in [0.717, 1.165) is 11.3 Å². The van der Waals surface area contributed by atoms with Crippen LogP contribution in [-0.4, -0.2) is 12.5 Å². The molecule has 2 aromatic carbocycles. The van der Waals surface area contributed by atoms with Crippen molar-refractivity contribution in [3.63, 3.8) is 0 Å². The van der Waals surface area contributed by atoms with Crippen molar-refractivity contribution in [2.75, 3.05) is 11.9 Å². The van der Waals surface area contributed by atoms with E-state index in [0.29, 0.717) is 23.1 Å². The van der Waals surface area contributed by atoms with Crippen LogP contribution in [0.4, 0.5) is 10.1 Å². The molecule has 6 heteroatoms. The maximum Gasteiger partial charge on any atom is 0.224 e. The van der Waals surface area contributed by atoms with E-state index in [4.69, 9.17) is 27.9 Å². The van der Waals surface area contributed by atoms with Gasteiger partial charge in [0.05, 0.1) is 12.3 Å². The lowest BCUT2D eigenvalue weighted by Gasteiger charge is -2.10. The molecule has 23 heavy (non-hydrogen) atoms. The van der Waals surface area contributed by atoms with Gasteiger partial charge in [0, 0.05) is 16.5 Å². The summed E-state index contributed by atoms with van der Waals surface area (Å²) in [4.78, 5) is 11.8. The summed E-state index contributed by atoms with van der Waals surface area (Å²) in [6, 6.07) is 9.37. The lowest BCUT2D eigenvalue weighted by Crippen LogP contribution is -2.14. The molecule has 0 aliphatic heterocycles. The molecule has 0 aliphatic rings.